The number of nitrogens with two attached hydrogens (primary N) is 1. The van der Waals surface area contributed by atoms with Gasteiger partial charge in [0.2, 0.25) is 0 Å². The van der Waals surface area contributed by atoms with Crippen LogP contribution in [0.2, 0.25) is 0 Å². The average Bonchev–Trinajstić information content (AvgIpc) is 2.45. The van der Waals surface area contributed by atoms with Crippen LogP contribution in [0.15, 0.2) is 17.3 Å². The topological polar surface area (TPSA) is 61.8 Å². The average molecular weight is 297 g/mol. The van der Waals surface area contributed by atoms with Crippen molar-refractivity contribution in [1.29, 1.82) is 0 Å². The first-order chi connectivity index (χ1) is 9.95. The highest BCUT2D eigenvalue weighted by molar-refractivity contribution is 5.97. The third-order valence-electron chi connectivity index (χ3n) is 4.34. The Morgan fingerprint density at radius 1 is 1.29 bits per heavy atom. The summed E-state index contributed by atoms with van der Waals surface area (Å²) in [6.07, 6.45) is 4.24. The molecule has 0 aromatic heterocycles. The molecule has 2 atom stereocenters. The van der Waals surface area contributed by atoms with E-state index in [2.05, 4.69) is 12.1 Å². The SMILES string of the molecule is CC1CCCCC1N(C)c1c(F)cc(C(N)=NO)cc1F. The fourth-order valence-electron chi connectivity index (χ4n) is 3.15. The number of hydrogen-bond acceptors (Lipinski definition) is 3. The summed E-state index contributed by atoms with van der Waals surface area (Å²) in [4.78, 5) is 1.69. The van der Waals surface area contributed by atoms with Gasteiger partial charge in [0.15, 0.2) is 5.84 Å². The Balaban J connectivity index is 2.35. The summed E-state index contributed by atoms with van der Waals surface area (Å²) in [6, 6.07) is 2.31. The lowest BCUT2D eigenvalue weighted by molar-refractivity contribution is 0.318. The number of oxime groups is 1. The molecule has 6 heteroatoms. The van der Waals surface area contributed by atoms with Gasteiger partial charge in [0.05, 0.1) is 0 Å². The molecule has 2 rings (SSSR count). The molecule has 1 aliphatic rings. The van der Waals surface area contributed by atoms with Crippen LogP contribution < -0.4 is 10.6 Å². The van der Waals surface area contributed by atoms with Gasteiger partial charge in [0, 0.05) is 18.7 Å². The third kappa shape index (κ3) is 3.09. The molecule has 3 N–H and O–H groups in total. The van der Waals surface area contributed by atoms with Gasteiger partial charge < -0.3 is 15.8 Å². The summed E-state index contributed by atoms with van der Waals surface area (Å²) >= 11 is 0. The molecule has 0 bridgehead atoms. The Labute approximate surface area is 123 Å². The summed E-state index contributed by atoms with van der Waals surface area (Å²) in [5.74, 6) is -1.31. The van der Waals surface area contributed by atoms with Crippen LogP contribution >= 0.6 is 0 Å². The van der Waals surface area contributed by atoms with E-state index >= 15 is 0 Å². The maximum absolute atomic E-state index is 14.3. The van der Waals surface area contributed by atoms with Gasteiger partial charge in [-0.15, -0.1) is 0 Å². The third-order valence-corrected chi connectivity index (χ3v) is 4.34. The second kappa shape index (κ2) is 6.28. The Bertz CT molecular complexity index is 525. The maximum Gasteiger partial charge on any atom is 0.170 e. The summed E-state index contributed by atoms with van der Waals surface area (Å²) in [7, 11) is 1.72. The van der Waals surface area contributed by atoms with Crippen molar-refractivity contribution in [2.45, 2.75) is 38.6 Å². The second-order valence-corrected chi connectivity index (χ2v) is 5.71. The van der Waals surface area contributed by atoms with Crippen molar-refractivity contribution < 1.29 is 14.0 Å². The molecule has 1 aromatic rings. The minimum absolute atomic E-state index is 0.0290. The Morgan fingerprint density at radius 2 is 1.86 bits per heavy atom. The van der Waals surface area contributed by atoms with E-state index in [0.29, 0.717) is 5.92 Å². The molecule has 0 radical (unpaired) electrons. The smallest absolute Gasteiger partial charge is 0.170 e. The molecule has 1 aliphatic carbocycles. The Morgan fingerprint density at radius 3 is 2.38 bits per heavy atom. The number of hydrogen-bond donors (Lipinski definition) is 2. The van der Waals surface area contributed by atoms with E-state index in [1.807, 2.05) is 0 Å². The predicted octanol–water partition coefficient (Wildman–Crippen LogP) is 3.07. The Hall–Kier alpha value is -1.85. The van der Waals surface area contributed by atoms with Gasteiger partial charge in [0.1, 0.15) is 17.3 Å². The fourth-order valence-corrected chi connectivity index (χ4v) is 3.15. The van der Waals surface area contributed by atoms with E-state index in [9.17, 15) is 8.78 Å². The van der Waals surface area contributed by atoms with Gasteiger partial charge in [-0.1, -0.05) is 24.9 Å². The van der Waals surface area contributed by atoms with E-state index in [4.69, 9.17) is 10.9 Å². The molecule has 0 saturated heterocycles. The Kier molecular flexibility index (Phi) is 4.65. The first-order valence-corrected chi connectivity index (χ1v) is 7.15. The van der Waals surface area contributed by atoms with Crippen LogP contribution in [0.5, 0.6) is 0 Å². The van der Waals surface area contributed by atoms with E-state index < -0.39 is 11.6 Å². The van der Waals surface area contributed by atoms with Crippen molar-refractivity contribution in [2.75, 3.05) is 11.9 Å². The molecule has 0 amide bonds. The lowest BCUT2D eigenvalue weighted by atomic mass is 9.85. The number of benzene rings is 1. The fraction of sp³-hybridized carbons (Fsp3) is 0.533. The molecular formula is C15H21F2N3O. The number of nitrogens with zero attached hydrogens (tertiary/aromatic N) is 2. The maximum atomic E-state index is 14.3. The lowest BCUT2D eigenvalue weighted by Crippen LogP contribution is -2.40. The monoisotopic (exact) mass is 297 g/mol. The van der Waals surface area contributed by atoms with Crippen LogP contribution in [0.25, 0.3) is 0 Å². The summed E-state index contributed by atoms with van der Waals surface area (Å²) in [6.45, 7) is 2.11. The normalized spacial score (nSPS) is 23.1. The van der Waals surface area contributed by atoms with Crippen molar-refractivity contribution >= 4 is 11.5 Å². The quantitative estimate of drug-likeness (QED) is 0.390. The summed E-state index contributed by atoms with van der Waals surface area (Å²) in [5, 5.41) is 11.4. The zero-order chi connectivity index (χ0) is 15.6. The summed E-state index contributed by atoms with van der Waals surface area (Å²) < 4.78 is 28.5. The zero-order valence-electron chi connectivity index (χ0n) is 12.3. The molecule has 0 aliphatic heterocycles. The van der Waals surface area contributed by atoms with Crippen LogP contribution in [0.3, 0.4) is 0 Å². The minimum Gasteiger partial charge on any atom is -0.409 e. The molecule has 116 valence electrons. The first-order valence-electron chi connectivity index (χ1n) is 7.15. The van der Waals surface area contributed by atoms with Gasteiger partial charge in [-0.05, 0) is 30.9 Å². The molecule has 2 unspecified atom stereocenters. The van der Waals surface area contributed by atoms with Crippen LogP contribution in [-0.2, 0) is 0 Å². The van der Waals surface area contributed by atoms with Crippen LogP contribution in [-0.4, -0.2) is 24.1 Å². The highest BCUT2D eigenvalue weighted by atomic mass is 19.1. The molecule has 1 saturated carbocycles. The standard InChI is InChI=1S/C15H21F2N3O/c1-9-5-3-4-6-13(9)20(2)14-11(16)7-10(8-12(14)17)15(18)19-21/h7-9,13,21H,3-6H2,1-2H3,(H2,18,19). The van der Waals surface area contributed by atoms with Crippen molar-refractivity contribution in [3.05, 3.63) is 29.3 Å². The predicted molar refractivity (Wildman–Crippen MR) is 78.7 cm³/mol. The van der Waals surface area contributed by atoms with Crippen molar-refractivity contribution in [3.8, 4) is 0 Å². The van der Waals surface area contributed by atoms with E-state index in [0.717, 1.165) is 31.4 Å². The van der Waals surface area contributed by atoms with Gasteiger partial charge in [-0.2, -0.15) is 0 Å². The van der Waals surface area contributed by atoms with E-state index in [-0.39, 0.29) is 23.1 Å². The number of anilines is 1. The number of amidine groups is 1. The first kappa shape index (κ1) is 15.5. The van der Waals surface area contributed by atoms with Crippen molar-refractivity contribution in [1.82, 2.24) is 0 Å². The van der Waals surface area contributed by atoms with Crippen LogP contribution in [0.4, 0.5) is 14.5 Å². The van der Waals surface area contributed by atoms with Crippen molar-refractivity contribution in [2.24, 2.45) is 16.8 Å². The molecule has 0 heterocycles. The van der Waals surface area contributed by atoms with E-state index in [1.54, 1.807) is 11.9 Å². The molecule has 1 aromatic carbocycles. The number of rotatable bonds is 3. The second-order valence-electron chi connectivity index (χ2n) is 5.71. The van der Waals surface area contributed by atoms with Crippen molar-refractivity contribution in [3.63, 3.8) is 0 Å². The largest absolute Gasteiger partial charge is 0.409 e. The van der Waals surface area contributed by atoms with Gasteiger partial charge >= 0.3 is 0 Å². The van der Waals surface area contributed by atoms with E-state index in [1.165, 1.54) is 6.42 Å². The summed E-state index contributed by atoms with van der Waals surface area (Å²) in [5.41, 5.74) is 5.35. The van der Waals surface area contributed by atoms with Crippen LogP contribution in [0.1, 0.15) is 38.2 Å². The number of halogens is 2. The highest BCUT2D eigenvalue weighted by Crippen LogP contribution is 2.33. The van der Waals surface area contributed by atoms with Crippen LogP contribution in [0, 0.1) is 17.6 Å². The van der Waals surface area contributed by atoms with Gasteiger partial charge in [0.25, 0.3) is 0 Å². The van der Waals surface area contributed by atoms with Gasteiger partial charge in [-0.3, -0.25) is 0 Å². The molecule has 21 heavy (non-hydrogen) atoms. The highest BCUT2D eigenvalue weighted by Gasteiger charge is 2.28. The molecular weight excluding hydrogens is 276 g/mol. The zero-order valence-corrected chi connectivity index (χ0v) is 12.3. The molecule has 0 spiro atoms. The minimum atomic E-state index is -0.697. The van der Waals surface area contributed by atoms with Gasteiger partial charge in [-0.25, -0.2) is 8.78 Å². The lowest BCUT2D eigenvalue weighted by Gasteiger charge is -2.38. The molecule has 1 fully saturated rings. The molecule has 4 nitrogen and oxygen atoms in total.